The van der Waals surface area contributed by atoms with Crippen LogP contribution in [0.5, 0.6) is 0 Å². The van der Waals surface area contributed by atoms with Gasteiger partial charge in [-0.1, -0.05) is 19.4 Å². The molecule has 0 unspecified atom stereocenters. The lowest BCUT2D eigenvalue weighted by Gasteiger charge is -2.02. The van der Waals surface area contributed by atoms with E-state index >= 15 is 0 Å². The predicted molar refractivity (Wildman–Crippen MR) is 53.7 cm³/mol. The fourth-order valence-corrected chi connectivity index (χ4v) is 1.12. The summed E-state index contributed by atoms with van der Waals surface area (Å²) in [6.07, 6.45) is 2.37. The van der Waals surface area contributed by atoms with Crippen molar-refractivity contribution in [3.8, 4) is 0 Å². The molecule has 0 radical (unpaired) electrons. The summed E-state index contributed by atoms with van der Waals surface area (Å²) in [5.41, 5.74) is 0.915. The second-order valence-corrected chi connectivity index (χ2v) is 3.07. The van der Waals surface area contributed by atoms with Gasteiger partial charge in [0.25, 0.3) is 0 Å². The molecule has 1 aromatic rings. The summed E-state index contributed by atoms with van der Waals surface area (Å²) in [5, 5.41) is 3.26. The Hall–Kier alpha value is -1.09. The molecule has 3 nitrogen and oxygen atoms in total. The van der Waals surface area contributed by atoms with Crippen molar-refractivity contribution in [1.29, 1.82) is 0 Å². The number of rotatable bonds is 5. The van der Waals surface area contributed by atoms with Gasteiger partial charge in [0.2, 0.25) is 5.56 Å². The van der Waals surface area contributed by atoms with Gasteiger partial charge in [0.15, 0.2) is 0 Å². The average molecular weight is 180 g/mol. The van der Waals surface area contributed by atoms with Crippen LogP contribution in [-0.4, -0.2) is 11.5 Å². The highest BCUT2D eigenvalue weighted by atomic mass is 16.1. The van der Waals surface area contributed by atoms with E-state index in [2.05, 4.69) is 17.2 Å². The maximum Gasteiger partial charge on any atom is 0.248 e. The van der Waals surface area contributed by atoms with Gasteiger partial charge in [-0.25, -0.2) is 0 Å². The van der Waals surface area contributed by atoms with Crippen LogP contribution in [0.1, 0.15) is 25.5 Å². The number of hydrogen-bond acceptors (Lipinski definition) is 2. The Balaban J connectivity index is 2.33. The Morgan fingerprint density at radius 2 is 2.31 bits per heavy atom. The van der Waals surface area contributed by atoms with Crippen molar-refractivity contribution in [2.45, 2.75) is 26.3 Å². The van der Waals surface area contributed by atoms with Crippen molar-refractivity contribution in [3.05, 3.63) is 34.2 Å². The van der Waals surface area contributed by atoms with Crippen molar-refractivity contribution in [2.24, 2.45) is 0 Å². The molecule has 0 saturated carbocycles. The minimum atomic E-state index is -0.0326. The van der Waals surface area contributed by atoms with Gasteiger partial charge in [-0.2, -0.15) is 0 Å². The number of hydrogen-bond donors (Lipinski definition) is 2. The highest BCUT2D eigenvalue weighted by Gasteiger charge is 1.91. The molecular formula is C10H16N2O. The summed E-state index contributed by atoms with van der Waals surface area (Å²) in [6, 6.07) is 5.21. The monoisotopic (exact) mass is 180 g/mol. The van der Waals surface area contributed by atoms with Crippen LogP contribution in [0.25, 0.3) is 0 Å². The molecular weight excluding hydrogens is 164 g/mol. The van der Waals surface area contributed by atoms with E-state index in [1.807, 2.05) is 6.07 Å². The summed E-state index contributed by atoms with van der Waals surface area (Å²) in [5.74, 6) is 0. The van der Waals surface area contributed by atoms with E-state index in [1.165, 1.54) is 18.9 Å². The second-order valence-electron chi connectivity index (χ2n) is 3.07. The molecule has 0 amide bonds. The Bertz CT molecular complexity index is 293. The Morgan fingerprint density at radius 1 is 1.46 bits per heavy atom. The number of nitrogens with one attached hydrogen (secondary N) is 2. The first-order valence-corrected chi connectivity index (χ1v) is 4.72. The zero-order valence-corrected chi connectivity index (χ0v) is 7.97. The van der Waals surface area contributed by atoms with E-state index in [9.17, 15) is 4.79 Å². The van der Waals surface area contributed by atoms with Gasteiger partial charge in [0.05, 0.1) is 0 Å². The topological polar surface area (TPSA) is 44.9 Å². The molecule has 2 N–H and O–H groups in total. The van der Waals surface area contributed by atoms with Gasteiger partial charge in [0.1, 0.15) is 0 Å². The normalized spacial score (nSPS) is 10.2. The molecule has 0 aliphatic carbocycles. The minimum absolute atomic E-state index is 0.0326. The molecule has 0 saturated heterocycles. The fraction of sp³-hybridized carbons (Fsp3) is 0.500. The molecule has 0 aromatic carbocycles. The summed E-state index contributed by atoms with van der Waals surface area (Å²) >= 11 is 0. The molecule has 0 aliphatic heterocycles. The van der Waals surface area contributed by atoms with Crippen LogP contribution in [0.2, 0.25) is 0 Å². The molecule has 1 heterocycles. The quantitative estimate of drug-likeness (QED) is 0.670. The van der Waals surface area contributed by atoms with Gasteiger partial charge in [0, 0.05) is 18.3 Å². The first-order valence-electron chi connectivity index (χ1n) is 4.72. The Morgan fingerprint density at radius 3 is 3.00 bits per heavy atom. The average Bonchev–Trinajstić information content (AvgIpc) is 2.13. The van der Waals surface area contributed by atoms with E-state index in [-0.39, 0.29) is 5.56 Å². The van der Waals surface area contributed by atoms with Crippen molar-refractivity contribution in [1.82, 2.24) is 10.3 Å². The lowest BCUT2D eigenvalue weighted by Crippen LogP contribution is -2.17. The van der Waals surface area contributed by atoms with Crippen LogP contribution in [-0.2, 0) is 6.54 Å². The van der Waals surface area contributed by atoms with Crippen molar-refractivity contribution in [2.75, 3.05) is 6.54 Å². The molecule has 0 bridgehead atoms. The number of H-pyrrole nitrogens is 1. The first kappa shape index (κ1) is 9.99. The second kappa shape index (κ2) is 5.54. The highest BCUT2D eigenvalue weighted by molar-refractivity contribution is 5.03. The maximum absolute atomic E-state index is 10.9. The van der Waals surface area contributed by atoms with Crippen molar-refractivity contribution in [3.63, 3.8) is 0 Å². The lowest BCUT2D eigenvalue weighted by molar-refractivity contribution is 0.632. The zero-order chi connectivity index (χ0) is 9.52. The largest absolute Gasteiger partial charge is 0.325 e. The van der Waals surface area contributed by atoms with Crippen molar-refractivity contribution < 1.29 is 0 Å². The third kappa shape index (κ3) is 3.90. The molecule has 1 aromatic heterocycles. The number of pyridine rings is 1. The smallest absolute Gasteiger partial charge is 0.248 e. The predicted octanol–water partition coefficient (Wildman–Crippen LogP) is 1.26. The van der Waals surface area contributed by atoms with E-state index in [0.29, 0.717) is 0 Å². The van der Waals surface area contributed by atoms with E-state index in [1.54, 1.807) is 6.07 Å². The van der Waals surface area contributed by atoms with Gasteiger partial charge in [-0.15, -0.1) is 0 Å². The summed E-state index contributed by atoms with van der Waals surface area (Å²) in [4.78, 5) is 13.7. The van der Waals surface area contributed by atoms with Crippen LogP contribution >= 0.6 is 0 Å². The fourth-order valence-electron chi connectivity index (χ4n) is 1.12. The standard InChI is InChI=1S/C10H16N2O/c1-2-3-7-11-8-9-5-4-6-10(13)12-9/h4-6,11H,2-3,7-8H2,1H3,(H,12,13). The zero-order valence-electron chi connectivity index (χ0n) is 7.97. The van der Waals surface area contributed by atoms with Crippen LogP contribution < -0.4 is 10.9 Å². The Kier molecular flexibility index (Phi) is 4.26. The third-order valence-electron chi connectivity index (χ3n) is 1.85. The lowest BCUT2D eigenvalue weighted by atomic mass is 10.3. The van der Waals surface area contributed by atoms with Crippen LogP contribution in [0.4, 0.5) is 0 Å². The molecule has 0 spiro atoms. The van der Waals surface area contributed by atoms with Gasteiger partial charge in [-0.3, -0.25) is 4.79 Å². The number of aromatic amines is 1. The molecule has 1 rings (SSSR count). The Labute approximate surface area is 78.2 Å². The highest BCUT2D eigenvalue weighted by Crippen LogP contribution is 1.89. The summed E-state index contributed by atoms with van der Waals surface area (Å²) < 4.78 is 0. The molecule has 0 atom stereocenters. The SMILES string of the molecule is CCCCNCc1cccc(=O)[nH]1. The molecule has 0 aliphatic rings. The summed E-state index contributed by atoms with van der Waals surface area (Å²) in [6.45, 7) is 3.91. The summed E-state index contributed by atoms with van der Waals surface area (Å²) in [7, 11) is 0. The van der Waals surface area contributed by atoms with Crippen molar-refractivity contribution >= 4 is 0 Å². The van der Waals surface area contributed by atoms with E-state index in [0.717, 1.165) is 18.8 Å². The van der Waals surface area contributed by atoms with E-state index in [4.69, 9.17) is 0 Å². The third-order valence-corrected chi connectivity index (χ3v) is 1.85. The van der Waals surface area contributed by atoms with E-state index < -0.39 is 0 Å². The minimum Gasteiger partial charge on any atom is -0.325 e. The molecule has 13 heavy (non-hydrogen) atoms. The van der Waals surface area contributed by atoms with Gasteiger partial charge in [-0.05, 0) is 19.0 Å². The first-order chi connectivity index (χ1) is 6.33. The van der Waals surface area contributed by atoms with Gasteiger partial charge < -0.3 is 10.3 Å². The maximum atomic E-state index is 10.9. The molecule has 3 heteroatoms. The number of unbranched alkanes of at least 4 members (excludes halogenated alkanes) is 1. The molecule has 72 valence electrons. The van der Waals surface area contributed by atoms with Crippen LogP contribution in [0.15, 0.2) is 23.0 Å². The van der Waals surface area contributed by atoms with Gasteiger partial charge >= 0.3 is 0 Å². The molecule has 0 fully saturated rings. The van der Waals surface area contributed by atoms with Crippen LogP contribution in [0, 0.1) is 0 Å². The number of aromatic nitrogens is 1. The van der Waals surface area contributed by atoms with Crippen LogP contribution in [0.3, 0.4) is 0 Å².